The van der Waals surface area contributed by atoms with Crippen molar-refractivity contribution in [3.05, 3.63) is 108 Å². The van der Waals surface area contributed by atoms with Gasteiger partial charge in [-0.25, -0.2) is 0 Å². The molecule has 0 saturated carbocycles. The van der Waals surface area contributed by atoms with Crippen LogP contribution in [0.2, 0.25) is 0 Å². The summed E-state index contributed by atoms with van der Waals surface area (Å²) in [5.74, 6) is 0.557. The summed E-state index contributed by atoms with van der Waals surface area (Å²) < 4.78 is 5.62. The molecule has 0 unspecified atom stereocenters. The van der Waals surface area contributed by atoms with Crippen LogP contribution in [0.1, 0.15) is 46.0 Å². The maximum atomic E-state index is 12.8. The normalized spacial score (nSPS) is 10.7. The zero-order valence-electron chi connectivity index (χ0n) is 17.0. The minimum atomic E-state index is -0.130. The van der Waals surface area contributed by atoms with Crippen LogP contribution < -0.4 is 10.1 Å². The molecule has 0 radical (unpaired) electrons. The van der Waals surface area contributed by atoms with Gasteiger partial charge in [-0.2, -0.15) is 0 Å². The Morgan fingerprint density at radius 2 is 1.57 bits per heavy atom. The average Bonchev–Trinajstić information content (AvgIpc) is 2.80. The molecule has 0 spiro atoms. The average molecular weight is 399 g/mol. The van der Waals surface area contributed by atoms with Crippen LogP contribution in [0.3, 0.4) is 0 Å². The van der Waals surface area contributed by atoms with Crippen LogP contribution in [0.25, 0.3) is 0 Å². The Kier molecular flexibility index (Phi) is 7.56. The van der Waals surface area contributed by atoms with Gasteiger partial charge in [0.05, 0.1) is 6.61 Å². The highest BCUT2D eigenvalue weighted by Gasteiger charge is 2.12. The molecule has 0 aliphatic heterocycles. The van der Waals surface area contributed by atoms with Crippen molar-refractivity contribution >= 4 is 17.3 Å². The summed E-state index contributed by atoms with van der Waals surface area (Å²) in [4.78, 5) is 25.2. The van der Waals surface area contributed by atoms with E-state index in [1.165, 1.54) is 6.08 Å². The summed E-state index contributed by atoms with van der Waals surface area (Å²) in [6, 6.07) is 23.5. The molecule has 0 aliphatic rings. The summed E-state index contributed by atoms with van der Waals surface area (Å²) in [5.41, 5.74) is 2.39. The molecular weight excluding hydrogens is 374 g/mol. The molecule has 30 heavy (non-hydrogen) atoms. The molecule has 0 amide bonds. The number of rotatable bonds is 10. The monoisotopic (exact) mass is 399 g/mol. The highest BCUT2D eigenvalue weighted by molar-refractivity contribution is 6.12. The van der Waals surface area contributed by atoms with Crippen LogP contribution >= 0.6 is 0 Å². The fourth-order valence-electron chi connectivity index (χ4n) is 2.91. The maximum absolute atomic E-state index is 12.8. The van der Waals surface area contributed by atoms with Crippen molar-refractivity contribution < 1.29 is 14.3 Å². The van der Waals surface area contributed by atoms with Gasteiger partial charge in [0.15, 0.2) is 11.6 Å². The SMILES string of the molecule is CCCCOc1ccc(C(=O)C=CNc2ccccc2C(=O)c2ccccc2)cc1. The minimum Gasteiger partial charge on any atom is -0.494 e. The van der Waals surface area contributed by atoms with Crippen LogP contribution in [-0.4, -0.2) is 18.2 Å². The summed E-state index contributed by atoms with van der Waals surface area (Å²) in [7, 11) is 0. The van der Waals surface area contributed by atoms with Gasteiger partial charge in [-0.1, -0.05) is 55.8 Å². The molecule has 0 aliphatic carbocycles. The second-order valence-corrected chi connectivity index (χ2v) is 6.81. The van der Waals surface area contributed by atoms with Crippen molar-refractivity contribution in [2.75, 3.05) is 11.9 Å². The standard InChI is InChI=1S/C26H25NO3/c1-2-3-19-30-22-15-13-20(14-16-22)25(28)17-18-27-24-12-8-7-11-23(24)26(29)21-9-5-4-6-10-21/h4-18,27H,2-3,19H2,1H3. The first kappa shape index (κ1) is 21.1. The number of hydrogen-bond donors (Lipinski definition) is 1. The molecule has 0 heterocycles. The molecule has 0 fully saturated rings. The molecule has 3 rings (SSSR count). The van der Waals surface area contributed by atoms with Crippen LogP contribution in [0.5, 0.6) is 5.75 Å². The van der Waals surface area contributed by atoms with Crippen molar-refractivity contribution in [3.63, 3.8) is 0 Å². The number of carbonyl (C=O) groups is 2. The first-order valence-corrected chi connectivity index (χ1v) is 10.1. The van der Waals surface area contributed by atoms with Crippen LogP contribution in [0.4, 0.5) is 5.69 Å². The topological polar surface area (TPSA) is 55.4 Å². The summed E-state index contributed by atoms with van der Waals surface area (Å²) >= 11 is 0. The molecule has 1 N–H and O–H groups in total. The maximum Gasteiger partial charge on any atom is 0.195 e. The number of hydrogen-bond acceptors (Lipinski definition) is 4. The molecule has 0 aromatic heterocycles. The van der Waals surface area contributed by atoms with E-state index in [2.05, 4.69) is 12.2 Å². The van der Waals surface area contributed by atoms with E-state index in [1.54, 1.807) is 48.7 Å². The summed E-state index contributed by atoms with van der Waals surface area (Å²) in [6.07, 6.45) is 5.10. The van der Waals surface area contributed by atoms with Gasteiger partial charge < -0.3 is 10.1 Å². The van der Waals surface area contributed by atoms with E-state index >= 15 is 0 Å². The number of ether oxygens (including phenoxy) is 1. The fraction of sp³-hybridized carbons (Fsp3) is 0.154. The molecule has 152 valence electrons. The number of nitrogens with one attached hydrogen (secondary N) is 1. The lowest BCUT2D eigenvalue weighted by atomic mass is 10.0. The second kappa shape index (κ2) is 10.8. The van der Waals surface area contributed by atoms with Crippen molar-refractivity contribution in [2.45, 2.75) is 19.8 Å². The highest BCUT2D eigenvalue weighted by atomic mass is 16.5. The van der Waals surface area contributed by atoms with Gasteiger partial charge in [-0.3, -0.25) is 9.59 Å². The van der Waals surface area contributed by atoms with E-state index in [9.17, 15) is 9.59 Å². The van der Waals surface area contributed by atoms with Gasteiger partial charge in [0.1, 0.15) is 5.75 Å². The number of allylic oxidation sites excluding steroid dienone is 1. The molecule has 0 bridgehead atoms. The van der Waals surface area contributed by atoms with Crippen molar-refractivity contribution in [1.29, 1.82) is 0 Å². The number of ketones is 2. The highest BCUT2D eigenvalue weighted by Crippen LogP contribution is 2.19. The van der Waals surface area contributed by atoms with Crippen molar-refractivity contribution in [2.24, 2.45) is 0 Å². The number of para-hydroxylation sites is 1. The quantitative estimate of drug-likeness (QED) is 0.262. The smallest absolute Gasteiger partial charge is 0.195 e. The lowest BCUT2D eigenvalue weighted by Crippen LogP contribution is -2.05. The largest absolute Gasteiger partial charge is 0.494 e. The zero-order valence-corrected chi connectivity index (χ0v) is 17.0. The third-order valence-corrected chi connectivity index (χ3v) is 4.59. The van der Waals surface area contributed by atoms with Gasteiger partial charge in [-0.05, 0) is 42.8 Å². The third-order valence-electron chi connectivity index (χ3n) is 4.59. The predicted octanol–water partition coefficient (Wildman–Crippen LogP) is 5.91. The van der Waals surface area contributed by atoms with E-state index < -0.39 is 0 Å². The molecule has 3 aromatic carbocycles. The number of benzene rings is 3. The lowest BCUT2D eigenvalue weighted by molar-refractivity contribution is 0.103. The Balaban J connectivity index is 1.64. The molecule has 4 heteroatoms. The van der Waals surface area contributed by atoms with E-state index in [0.29, 0.717) is 29.0 Å². The Hall–Kier alpha value is -3.66. The van der Waals surface area contributed by atoms with Gasteiger partial charge >= 0.3 is 0 Å². The first-order valence-electron chi connectivity index (χ1n) is 10.1. The van der Waals surface area contributed by atoms with Gasteiger partial charge in [0.25, 0.3) is 0 Å². The minimum absolute atomic E-state index is 0.0721. The number of anilines is 1. The van der Waals surface area contributed by atoms with E-state index in [1.807, 2.05) is 36.4 Å². The molecule has 0 atom stereocenters. The number of carbonyl (C=O) groups excluding carboxylic acids is 2. The van der Waals surface area contributed by atoms with Crippen LogP contribution in [-0.2, 0) is 0 Å². The third kappa shape index (κ3) is 5.67. The summed E-state index contributed by atoms with van der Waals surface area (Å²) in [5, 5.41) is 3.06. The van der Waals surface area contributed by atoms with Gasteiger partial charge in [-0.15, -0.1) is 0 Å². The second-order valence-electron chi connectivity index (χ2n) is 6.81. The van der Waals surface area contributed by atoms with Gasteiger partial charge in [0, 0.05) is 34.7 Å². The number of unbranched alkanes of at least 4 members (excludes halogenated alkanes) is 1. The van der Waals surface area contributed by atoms with E-state index in [-0.39, 0.29) is 11.6 Å². The van der Waals surface area contributed by atoms with Crippen LogP contribution in [0.15, 0.2) is 91.1 Å². The molecule has 0 saturated heterocycles. The Labute approximate surface area is 177 Å². The molecule has 4 nitrogen and oxygen atoms in total. The molecular formula is C26H25NO3. The Morgan fingerprint density at radius 3 is 2.30 bits per heavy atom. The molecule has 3 aromatic rings. The summed E-state index contributed by atoms with van der Waals surface area (Å²) in [6.45, 7) is 2.79. The van der Waals surface area contributed by atoms with E-state index in [4.69, 9.17) is 4.74 Å². The Morgan fingerprint density at radius 1 is 0.867 bits per heavy atom. The zero-order chi connectivity index (χ0) is 21.2. The van der Waals surface area contributed by atoms with Crippen molar-refractivity contribution in [1.82, 2.24) is 0 Å². The Bertz CT molecular complexity index is 1010. The fourth-order valence-corrected chi connectivity index (χ4v) is 2.91. The predicted molar refractivity (Wildman–Crippen MR) is 120 cm³/mol. The van der Waals surface area contributed by atoms with Crippen molar-refractivity contribution in [3.8, 4) is 5.75 Å². The lowest BCUT2D eigenvalue weighted by Gasteiger charge is -2.08. The van der Waals surface area contributed by atoms with E-state index in [0.717, 1.165) is 18.6 Å². The first-order chi connectivity index (χ1) is 14.7. The van der Waals surface area contributed by atoms with Gasteiger partial charge in [0.2, 0.25) is 0 Å². The van der Waals surface area contributed by atoms with Crippen LogP contribution in [0, 0.1) is 0 Å².